The van der Waals surface area contributed by atoms with Crippen molar-refractivity contribution in [2.75, 3.05) is 25.6 Å². The molecule has 0 N–H and O–H groups in total. The Labute approximate surface area is 95.6 Å². The van der Waals surface area contributed by atoms with Gasteiger partial charge in [-0.15, -0.1) is 0 Å². The van der Waals surface area contributed by atoms with Gasteiger partial charge >= 0.3 is 6.09 Å². The number of nitrogens with zero attached hydrogens (tertiary/aromatic N) is 2. The van der Waals surface area contributed by atoms with E-state index < -0.39 is 6.09 Å². The molecule has 0 aliphatic carbocycles. The normalized spacial score (nSPS) is 10.4. The van der Waals surface area contributed by atoms with Gasteiger partial charge in [0.05, 0.1) is 6.61 Å². The Morgan fingerprint density at radius 3 is 2.50 bits per heavy atom. The van der Waals surface area contributed by atoms with Crippen LogP contribution in [0.1, 0.15) is 12.5 Å². The van der Waals surface area contributed by atoms with E-state index in [0.29, 0.717) is 6.61 Å². The van der Waals surface area contributed by atoms with Crippen LogP contribution in [0.2, 0.25) is 0 Å². The van der Waals surface area contributed by atoms with Gasteiger partial charge in [-0.25, -0.2) is 4.79 Å². The van der Waals surface area contributed by atoms with Gasteiger partial charge in [-0.2, -0.15) is 4.99 Å². The van der Waals surface area contributed by atoms with Gasteiger partial charge in [0.1, 0.15) is 0 Å². The van der Waals surface area contributed by atoms with Crippen molar-refractivity contribution < 1.29 is 9.53 Å². The summed E-state index contributed by atoms with van der Waals surface area (Å²) in [6.07, 6.45) is 0.941. The molecule has 4 nitrogen and oxygen atoms in total. The zero-order valence-corrected chi connectivity index (χ0v) is 9.80. The average Bonchev–Trinajstić information content (AvgIpc) is 2.27. The molecule has 16 heavy (non-hydrogen) atoms. The average molecular weight is 220 g/mol. The van der Waals surface area contributed by atoms with Crippen LogP contribution in [0.15, 0.2) is 29.3 Å². The van der Waals surface area contributed by atoms with Gasteiger partial charge in [-0.1, -0.05) is 12.1 Å². The van der Waals surface area contributed by atoms with Gasteiger partial charge in [0.2, 0.25) is 0 Å². The highest BCUT2D eigenvalue weighted by Crippen LogP contribution is 2.10. The lowest BCUT2D eigenvalue weighted by Gasteiger charge is -2.11. The number of carbonyl (C=O) groups excluding carboxylic acids is 1. The first kappa shape index (κ1) is 12.2. The van der Waals surface area contributed by atoms with Crippen LogP contribution < -0.4 is 4.90 Å². The van der Waals surface area contributed by atoms with Crippen molar-refractivity contribution in [3.8, 4) is 0 Å². The first-order chi connectivity index (χ1) is 7.63. The molecule has 0 spiro atoms. The van der Waals surface area contributed by atoms with Crippen LogP contribution in [-0.4, -0.2) is 33.0 Å². The fraction of sp³-hybridized carbons (Fsp3) is 0.333. The second kappa shape index (κ2) is 5.90. The summed E-state index contributed by atoms with van der Waals surface area (Å²) in [7, 11) is 3.95. The smallest absolute Gasteiger partial charge is 0.433 e. The number of carbonyl (C=O) groups is 1. The summed E-state index contributed by atoms with van der Waals surface area (Å²) < 4.78 is 4.68. The number of anilines is 1. The fourth-order valence-electron chi connectivity index (χ4n) is 1.15. The van der Waals surface area contributed by atoms with Gasteiger partial charge in [0, 0.05) is 26.0 Å². The van der Waals surface area contributed by atoms with E-state index >= 15 is 0 Å². The second-order valence-corrected chi connectivity index (χ2v) is 3.44. The number of aliphatic imine (C=N–C) groups is 1. The largest absolute Gasteiger partial charge is 0.448 e. The Morgan fingerprint density at radius 2 is 2.00 bits per heavy atom. The third-order valence-electron chi connectivity index (χ3n) is 2.00. The molecule has 0 aromatic heterocycles. The molecule has 0 aliphatic heterocycles. The molecule has 0 radical (unpaired) electrons. The third kappa shape index (κ3) is 3.73. The molecule has 0 saturated carbocycles. The van der Waals surface area contributed by atoms with Crippen LogP contribution in [0.5, 0.6) is 0 Å². The molecule has 0 bridgehead atoms. The van der Waals surface area contributed by atoms with E-state index in [1.54, 1.807) is 6.92 Å². The highest BCUT2D eigenvalue weighted by Gasteiger charge is 1.96. The molecular formula is C12H16N2O2. The van der Waals surface area contributed by atoms with E-state index in [1.807, 2.05) is 43.3 Å². The van der Waals surface area contributed by atoms with Crippen LogP contribution in [-0.2, 0) is 4.74 Å². The van der Waals surface area contributed by atoms with Gasteiger partial charge in [-0.05, 0) is 24.6 Å². The molecule has 0 aliphatic rings. The van der Waals surface area contributed by atoms with E-state index in [4.69, 9.17) is 0 Å². The summed E-state index contributed by atoms with van der Waals surface area (Å²) in [6.45, 7) is 2.09. The summed E-state index contributed by atoms with van der Waals surface area (Å²) in [5.74, 6) is 0. The van der Waals surface area contributed by atoms with Crippen molar-refractivity contribution in [2.24, 2.45) is 4.99 Å². The minimum atomic E-state index is -0.556. The first-order valence-corrected chi connectivity index (χ1v) is 5.11. The van der Waals surface area contributed by atoms with Gasteiger partial charge < -0.3 is 9.64 Å². The monoisotopic (exact) mass is 220 g/mol. The third-order valence-corrected chi connectivity index (χ3v) is 2.00. The van der Waals surface area contributed by atoms with Crippen molar-refractivity contribution in [3.05, 3.63) is 29.8 Å². The van der Waals surface area contributed by atoms with Gasteiger partial charge in [0.15, 0.2) is 0 Å². The molecule has 4 heteroatoms. The second-order valence-electron chi connectivity index (χ2n) is 3.44. The number of amides is 1. The fourth-order valence-corrected chi connectivity index (χ4v) is 1.15. The lowest BCUT2D eigenvalue weighted by atomic mass is 10.2. The molecule has 0 unspecified atom stereocenters. The number of rotatable bonds is 3. The SMILES string of the molecule is CCOC(=O)N=Cc1ccc(N(C)C)cc1. The summed E-state index contributed by atoms with van der Waals surface area (Å²) in [5, 5.41) is 0. The van der Waals surface area contributed by atoms with Gasteiger partial charge in [0.25, 0.3) is 0 Å². The van der Waals surface area contributed by atoms with Crippen LogP contribution in [0.3, 0.4) is 0 Å². The molecule has 0 saturated heterocycles. The van der Waals surface area contributed by atoms with Crippen molar-refractivity contribution in [3.63, 3.8) is 0 Å². The number of hydrogen-bond donors (Lipinski definition) is 0. The van der Waals surface area contributed by atoms with E-state index in [9.17, 15) is 4.79 Å². The van der Waals surface area contributed by atoms with E-state index in [1.165, 1.54) is 6.21 Å². The number of benzene rings is 1. The Balaban J connectivity index is 2.65. The summed E-state index contributed by atoms with van der Waals surface area (Å²) in [4.78, 5) is 16.6. The Kier molecular flexibility index (Phi) is 4.51. The lowest BCUT2D eigenvalue weighted by molar-refractivity contribution is 0.164. The molecule has 0 atom stereocenters. The highest BCUT2D eigenvalue weighted by molar-refractivity contribution is 5.89. The van der Waals surface area contributed by atoms with E-state index in [0.717, 1.165) is 11.3 Å². The summed E-state index contributed by atoms with van der Waals surface area (Å²) in [5.41, 5.74) is 1.98. The summed E-state index contributed by atoms with van der Waals surface area (Å²) in [6, 6.07) is 7.73. The molecule has 0 fully saturated rings. The van der Waals surface area contributed by atoms with E-state index in [2.05, 4.69) is 9.73 Å². The number of hydrogen-bond acceptors (Lipinski definition) is 3. The Hall–Kier alpha value is -1.84. The zero-order chi connectivity index (χ0) is 12.0. The maximum Gasteiger partial charge on any atom is 0.433 e. The summed E-state index contributed by atoms with van der Waals surface area (Å²) >= 11 is 0. The topological polar surface area (TPSA) is 41.9 Å². The lowest BCUT2D eigenvalue weighted by Crippen LogP contribution is -2.08. The molecule has 0 heterocycles. The van der Waals surface area contributed by atoms with Crippen LogP contribution in [0, 0.1) is 0 Å². The Morgan fingerprint density at radius 1 is 1.38 bits per heavy atom. The maximum absolute atomic E-state index is 11.0. The van der Waals surface area contributed by atoms with Crippen LogP contribution in [0.4, 0.5) is 10.5 Å². The molecule has 86 valence electrons. The molecule has 1 rings (SSSR count). The number of ether oxygens (including phenoxy) is 1. The maximum atomic E-state index is 11.0. The van der Waals surface area contributed by atoms with Crippen molar-refractivity contribution >= 4 is 18.0 Å². The molecule has 1 amide bonds. The predicted octanol–water partition coefficient (Wildman–Crippen LogP) is 2.33. The quantitative estimate of drug-likeness (QED) is 0.734. The van der Waals surface area contributed by atoms with Crippen LogP contribution >= 0.6 is 0 Å². The molecular weight excluding hydrogens is 204 g/mol. The highest BCUT2D eigenvalue weighted by atomic mass is 16.5. The minimum absolute atomic E-state index is 0.343. The first-order valence-electron chi connectivity index (χ1n) is 5.11. The van der Waals surface area contributed by atoms with Gasteiger partial charge in [-0.3, -0.25) is 0 Å². The molecule has 1 aromatic rings. The standard InChI is InChI=1S/C12H16N2O2/c1-4-16-12(15)13-9-10-5-7-11(8-6-10)14(2)3/h5-9H,4H2,1-3H3. The van der Waals surface area contributed by atoms with Crippen molar-refractivity contribution in [1.29, 1.82) is 0 Å². The zero-order valence-electron chi connectivity index (χ0n) is 9.80. The van der Waals surface area contributed by atoms with Crippen molar-refractivity contribution in [2.45, 2.75) is 6.92 Å². The minimum Gasteiger partial charge on any atom is -0.448 e. The van der Waals surface area contributed by atoms with Crippen molar-refractivity contribution in [1.82, 2.24) is 0 Å². The van der Waals surface area contributed by atoms with Crippen LogP contribution in [0.25, 0.3) is 0 Å². The molecule has 1 aromatic carbocycles. The predicted molar refractivity (Wildman–Crippen MR) is 65.4 cm³/mol. The Bertz CT molecular complexity index is 369. The van der Waals surface area contributed by atoms with E-state index in [-0.39, 0.29) is 0 Å².